The molecule has 1 heterocycles. The number of nitrogens with zero attached hydrogens (tertiary/aromatic N) is 1. The Morgan fingerprint density at radius 2 is 1.93 bits per heavy atom. The van der Waals surface area contributed by atoms with E-state index in [0.29, 0.717) is 6.42 Å². The highest BCUT2D eigenvalue weighted by molar-refractivity contribution is 7.89. The number of sulfonamides is 1. The molecule has 6 heteroatoms. The summed E-state index contributed by atoms with van der Waals surface area (Å²) in [4.78, 5) is 13.9. The molecule has 4 rings (SSSR count). The molecule has 0 saturated heterocycles. The van der Waals surface area contributed by atoms with Crippen LogP contribution in [-0.2, 0) is 27.7 Å². The Morgan fingerprint density at radius 3 is 2.70 bits per heavy atom. The summed E-state index contributed by atoms with van der Waals surface area (Å²) in [7, 11) is -3.63. The average molecular weight is 385 g/mol. The van der Waals surface area contributed by atoms with Gasteiger partial charge in [0.15, 0.2) is 0 Å². The van der Waals surface area contributed by atoms with Crippen molar-refractivity contribution in [1.29, 1.82) is 0 Å². The van der Waals surface area contributed by atoms with Crippen LogP contribution in [0.3, 0.4) is 0 Å². The normalized spacial score (nSPS) is 21.6. The summed E-state index contributed by atoms with van der Waals surface area (Å²) < 4.78 is 28.9. The lowest BCUT2D eigenvalue weighted by atomic mass is 9.88. The van der Waals surface area contributed by atoms with Crippen molar-refractivity contribution in [1.82, 2.24) is 4.72 Å². The maximum absolute atomic E-state index is 13.0. The third-order valence-electron chi connectivity index (χ3n) is 5.58. The first-order valence-electron chi connectivity index (χ1n) is 9.39. The zero-order chi connectivity index (χ0) is 19.2. The summed E-state index contributed by atoms with van der Waals surface area (Å²) in [5, 5.41) is 0. The van der Waals surface area contributed by atoms with Crippen molar-refractivity contribution in [3.8, 4) is 0 Å². The van der Waals surface area contributed by atoms with Crippen molar-refractivity contribution in [3.63, 3.8) is 0 Å². The highest BCUT2D eigenvalue weighted by atomic mass is 32.2. The fourth-order valence-corrected chi connectivity index (χ4v) is 5.69. The van der Waals surface area contributed by atoms with E-state index in [1.54, 1.807) is 30.0 Å². The van der Waals surface area contributed by atoms with Crippen LogP contribution in [-0.4, -0.2) is 20.4 Å². The fourth-order valence-electron chi connectivity index (χ4n) is 4.39. The number of anilines is 1. The number of aryl methyl sites for hydroxylation is 1. The molecule has 0 spiro atoms. The van der Waals surface area contributed by atoms with E-state index >= 15 is 0 Å². The molecule has 1 amide bonds. The van der Waals surface area contributed by atoms with Crippen molar-refractivity contribution >= 4 is 21.6 Å². The molecule has 0 aromatic heterocycles. The van der Waals surface area contributed by atoms with Gasteiger partial charge in [-0.15, -0.1) is 0 Å². The lowest BCUT2D eigenvalue weighted by Crippen LogP contribution is -2.33. The Labute approximate surface area is 160 Å². The SMILES string of the molecule is CC(=O)N1c2ccc(S(=O)(=O)N[C@H]3CCCc4ccccc43)cc2C[C@@H]1C. The van der Waals surface area contributed by atoms with Crippen molar-refractivity contribution in [3.05, 3.63) is 59.2 Å². The topological polar surface area (TPSA) is 66.5 Å². The molecule has 1 N–H and O–H groups in total. The van der Waals surface area contributed by atoms with Gasteiger partial charge in [0.05, 0.1) is 4.90 Å². The smallest absolute Gasteiger partial charge is 0.241 e. The summed E-state index contributed by atoms with van der Waals surface area (Å²) in [6.07, 6.45) is 3.44. The average Bonchev–Trinajstić information content (AvgIpc) is 2.97. The van der Waals surface area contributed by atoms with Gasteiger partial charge in [-0.2, -0.15) is 0 Å². The summed E-state index contributed by atoms with van der Waals surface area (Å²) in [5.74, 6) is -0.0196. The maximum Gasteiger partial charge on any atom is 0.241 e. The van der Waals surface area contributed by atoms with E-state index in [0.717, 1.165) is 36.1 Å². The van der Waals surface area contributed by atoms with Crippen LogP contribution < -0.4 is 9.62 Å². The zero-order valence-electron chi connectivity index (χ0n) is 15.6. The van der Waals surface area contributed by atoms with Crippen LogP contribution in [0.4, 0.5) is 5.69 Å². The molecule has 2 atom stereocenters. The molecule has 0 fully saturated rings. The van der Waals surface area contributed by atoms with Gasteiger partial charge >= 0.3 is 0 Å². The van der Waals surface area contributed by atoms with Gasteiger partial charge in [-0.25, -0.2) is 13.1 Å². The predicted molar refractivity (Wildman–Crippen MR) is 105 cm³/mol. The Kier molecular flexibility index (Phi) is 4.56. The number of nitrogens with one attached hydrogen (secondary N) is 1. The third-order valence-corrected chi connectivity index (χ3v) is 7.05. The van der Waals surface area contributed by atoms with Crippen molar-refractivity contribution < 1.29 is 13.2 Å². The van der Waals surface area contributed by atoms with Crippen LogP contribution in [0.25, 0.3) is 0 Å². The lowest BCUT2D eigenvalue weighted by molar-refractivity contribution is -0.116. The Morgan fingerprint density at radius 1 is 1.15 bits per heavy atom. The van der Waals surface area contributed by atoms with Gasteiger partial charge in [0.25, 0.3) is 0 Å². The molecule has 0 radical (unpaired) electrons. The standard InChI is InChI=1S/C21H24N2O3S/c1-14-12-17-13-18(10-11-21(17)23(14)15(2)24)27(25,26)22-20-9-5-7-16-6-3-4-8-19(16)20/h3-4,6,8,10-11,13-14,20,22H,5,7,9,12H2,1-2H3/t14-,20-/m0/s1. The first-order chi connectivity index (χ1) is 12.9. The number of hydrogen-bond acceptors (Lipinski definition) is 3. The zero-order valence-corrected chi connectivity index (χ0v) is 16.4. The van der Waals surface area contributed by atoms with Gasteiger partial charge < -0.3 is 4.90 Å². The second kappa shape index (κ2) is 6.77. The van der Waals surface area contributed by atoms with E-state index in [9.17, 15) is 13.2 Å². The molecule has 2 aromatic carbocycles. The summed E-state index contributed by atoms with van der Waals surface area (Å²) in [5.41, 5.74) is 4.02. The minimum absolute atomic E-state index is 0.0196. The van der Waals surface area contributed by atoms with Gasteiger partial charge in [-0.3, -0.25) is 4.79 Å². The van der Waals surface area contributed by atoms with E-state index < -0.39 is 10.0 Å². The van der Waals surface area contributed by atoms with Crippen LogP contribution >= 0.6 is 0 Å². The number of benzene rings is 2. The lowest BCUT2D eigenvalue weighted by Gasteiger charge is -2.26. The molecule has 2 aromatic rings. The molecular weight excluding hydrogens is 360 g/mol. The fraction of sp³-hybridized carbons (Fsp3) is 0.381. The predicted octanol–water partition coefficient (Wildman–Crippen LogP) is 3.34. The van der Waals surface area contributed by atoms with Gasteiger partial charge in [0.2, 0.25) is 15.9 Å². The summed E-state index contributed by atoms with van der Waals surface area (Å²) >= 11 is 0. The van der Waals surface area contributed by atoms with E-state index in [-0.39, 0.29) is 22.9 Å². The molecule has 142 valence electrons. The second-order valence-electron chi connectivity index (χ2n) is 7.50. The molecule has 1 aliphatic heterocycles. The molecule has 2 aliphatic rings. The molecule has 27 heavy (non-hydrogen) atoms. The molecule has 0 saturated carbocycles. The number of amides is 1. The number of carbonyl (C=O) groups is 1. The van der Waals surface area contributed by atoms with Crippen LogP contribution in [0.15, 0.2) is 47.4 Å². The summed E-state index contributed by atoms with van der Waals surface area (Å²) in [6.45, 7) is 3.52. The van der Waals surface area contributed by atoms with Crippen molar-refractivity contribution in [2.24, 2.45) is 0 Å². The van der Waals surface area contributed by atoms with Crippen molar-refractivity contribution in [2.45, 2.75) is 56.5 Å². The number of fused-ring (bicyclic) bond motifs is 2. The molecule has 5 nitrogen and oxygen atoms in total. The monoisotopic (exact) mass is 384 g/mol. The molecule has 0 bridgehead atoms. The highest BCUT2D eigenvalue weighted by Gasteiger charge is 2.31. The van der Waals surface area contributed by atoms with Crippen molar-refractivity contribution in [2.75, 3.05) is 4.90 Å². The van der Waals surface area contributed by atoms with Crippen LogP contribution in [0, 0.1) is 0 Å². The van der Waals surface area contributed by atoms with E-state index in [2.05, 4.69) is 10.8 Å². The Balaban J connectivity index is 1.63. The quantitative estimate of drug-likeness (QED) is 0.883. The first-order valence-corrected chi connectivity index (χ1v) is 10.9. The van der Waals surface area contributed by atoms with Gasteiger partial charge in [-0.05, 0) is 67.5 Å². The van der Waals surface area contributed by atoms with Gasteiger partial charge in [-0.1, -0.05) is 24.3 Å². The minimum atomic E-state index is -3.63. The van der Waals surface area contributed by atoms with Crippen LogP contribution in [0.1, 0.15) is 49.4 Å². The largest absolute Gasteiger partial charge is 0.309 e. The second-order valence-corrected chi connectivity index (χ2v) is 9.21. The third kappa shape index (κ3) is 3.28. The van der Waals surface area contributed by atoms with Crippen LogP contribution in [0.2, 0.25) is 0 Å². The Hall–Kier alpha value is -2.18. The molecule has 1 aliphatic carbocycles. The first kappa shape index (κ1) is 18.2. The number of rotatable bonds is 3. The number of hydrogen-bond donors (Lipinski definition) is 1. The highest BCUT2D eigenvalue weighted by Crippen LogP contribution is 2.35. The van der Waals surface area contributed by atoms with E-state index in [1.807, 2.05) is 25.1 Å². The number of carbonyl (C=O) groups excluding carboxylic acids is 1. The maximum atomic E-state index is 13.0. The minimum Gasteiger partial charge on any atom is -0.309 e. The van der Waals surface area contributed by atoms with Gasteiger partial charge in [0.1, 0.15) is 0 Å². The van der Waals surface area contributed by atoms with Crippen LogP contribution in [0.5, 0.6) is 0 Å². The summed E-state index contributed by atoms with van der Waals surface area (Å²) in [6, 6.07) is 13.0. The Bertz CT molecular complexity index is 1000. The van der Waals surface area contributed by atoms with E-state index in [4.69, 9.17) is 0 Å². The van der Waals surface area contributed by atoms with E-state index in [1.165, 1.54) is 5.56 Å². The molecular formula is C21H24N2O3S. The van der Waals surface area contributed by atoms with Gasteiger partial charge in [0, 0.05) is 24.7 Å². The molecule has 0 unspecified atom stereocenters.